The molecule has 0 amide bonds. The number of carbonyl (C=O) groups is 1. The molecule has 3 nitrogen and oxygen atoms in total. The molecular weight excluding hydrogens is 178 g/mol. The van der Waals surface area contributed by atoms with Crippen LogP contribution in [0, 0.1) is 17.8 Å². The molecule has 0 aromatic rings. The van der Waals surface area contributed by atoms with E-state index < -0.39 is 5.97 Å². The van der Waals surface area contributed by atoms with Crippen molar-refractivity contribution in [2.45, 2.75) is 38.5 Å². The highest BCUT2D eigenvalue weighted by molar-refractivity contribution is 5.67. The standard InChI is InChI=1S/C10H16O2.CH5N/c11-10(12)6-7-4-8-2-1-3-9(8)5-7;1-2/h7-9H,1-6H2,(H,11,12);2H2,1H3. The summed E-state index contributed by atoms with van der Waals surface area (Å²) in [5.74, 6) is 1.65. The first-order valence-corrected chi connectivity index (χ1v) is 5.55. The summed E-state index contributed by atoms with van der Waals surface area (Å²) in [6.45, 7) is 0. The molecule has 0 saturated heterocycles. The Balaban J connectivity index is 0.000000461. The minimum atomic E-state index is -0.611. The average Bonchev–Trinajstić information content (AvgIpc) is 2.66. The van der Waals surface area contributed by atoms with Crippen molar-refractivity contribution in [2.24, 2.45) is 23.5 Å². The van der Waals surface area contributed by atoms with E-state index in [1.165, 1.54) is 39.2 Å². The van der Waals surface area contributed by atoms with Crippen LogP contribution >= 0.6 is 0 Å². The Morgan fingerprint density at radius 1 is 1.29 bits per heavy atom. The quantitative estimate of drug-likeness (QED) is 0.713. The Hall–Kier alpha value is -0.570. The SMILES string of the molecule is CN.O=C(O)CC1CC2CCCC2C1. The smallest absolute Gasteiger partial charge is 0.303 e. The van der Waals surface area contributed by atoms with Gasteiger partial charge in [-0.15, -0.1) is 0 Å². The zero-order valence-corrected chi connectivity index (χ0v) is 8.91. The van der Waals surface area contributed by atoms with Gasteiger partial charge in [-0.05, 0) is 37.6 Å². The lowest BCUT2D eigenvalue weighted by molar-refractivity contribution is -0.138. The van der Waals surface area contributed by atoms with Gasteiger partial charge in [0.05, 0.1) is 0 Å². The molecule has 2 rings (SSSR count). The second-order valence-electron chi connectivity index (χ2n) is 4.39. The minimum Gasteiger partial charge on any atom is -0.481 e. The summed E-state index contributed by atoms with van der Waals surface area (Å²) >= 11 is 0. The molecule has 2 atom stereocenters. The highest BCUT2D eigenvalue weighted by Gasteiger charge is 2.37. The van der Waals surface area contributed by atoms with Gasteiger partial charge in [0.2, 0.25) is 0 Å². The minimum absolute atomic E-state index is 0.410. The van der Waals surface area contributed by atoms with E-state index in [0.717, 1.165) is 11.8 Å². The number of hydrogen-bond acceptors (Lipinski definition) is 2. The monoisotopic (exact) mass is 199 g/mol. The summed E-state index contributed by atoms with van der Waals surface area (Å²) in [6.07, 6.45) is 6.90. The zero-order chi connectivity index (χ0) is 10.6. The van der Waals surface area contributed by atoms with Crippen molar-refractivity contribution in [3.05, 3.63) is 0 Å². The molecule has 0 bridgehead atoms. The number of rotatable bonds is 2. The molecular formula is C11H21NO2. The topological polar surface area (TPSA) is 63.3 Å². The van der Waals surface area contributed by atoms with E-state index in [1.807, 2.05) is 0 Å². The molecule has 3 heteroatoms. The molecule has 2 aliphatic carbocycles. The van der Waals surface area contributed by atoms with Gasteiger partial charge in [0, 0.05) is 6.42 Å². The van der Waals surface area contributed by atoms with Crippen LogP contribution in [-0.4, -0.2) is 18.1 Å². The first kappa shape index (κ1) is 11.5. The highest BCUT2D eigenvalue weighted by Crippen LogP contribution is 2.47. The van der Waals surface area contributed by atoms with Gasteiger partial charge in [-0.2, -0.15) is 0 Å². The van der Waals surface area contributed by atoms with Crippen molar-refractivity contribution in [3.63, 3.8) is 0 Å². The third-order valence-electron chi connectivity index (χ3n) is 3.55. The van der Waals surface area contributed by atoms with Gasteiger partial charge in [-0.1, -0.05) is 19.3 Å². The molecule has 2 unspecified atom stereocenters. The maximum absolute atomic E-state index is 10.5. The van der Waals surface area contributed by atoms with E-state index in [2.05, 4.69) is 5.73 Å². The van der Waals surface area contributed by atoms with E-state index in [-0.39, 0.29) is 0 Å². The molecule has 2 fully saturated rings. The number of aliphatic carboxylic acids is 1. The molecule has 82 valence electrons. The molecule has 0 radical (unpaired) electrons. The van der Waals surface area contributed by atoms with Crippen LogP contribution in [-0.2, 0) is 4.79 Å². The summed E-state index contributed by atoms with van der Waals surface area (Å²) in [7, 11) is 1.50. The van der Waals surface area contributed by atoms with E-state index in [1.54, 1.807) is 0 Å². The fraction of sp³-hybridized carbons (Fsp3) is 0.909. The maximum Gasteiger partial charge on any atom is 0.303 e. The van der Waals surface area contributed by atoms with Crippen molar-refractivity contribution < 1.29 is 9.90 Å². The molecule has 14 heavy (non-hydrogen) atoms. The Morgan fingerprint density at radius 3 is 2.21 bits per heavy atom. The van der Waals surface area contributed by atoms with Gasteiger partial charge in [0.1, 0.15) is 0 Å². The van der Waals surface area contributed by atoms with E-state index in [0.29, 0.717) is 12.3 Å². The van der Waals surface area contributed by atoms with Gasteiger partial charge < -0.3 is 10.8 Å². The van der Waals surface area contributed by atoms with Crippen LogP contribution in [0.1, 0.15) is 38.5 Å². The zero-order valence-electron chi connectivity index (χ0n) is 8.91. The number of carboxylic acids is 1. The molecule has 2 aliphatic rings. The normalized spacial score (nSPS) is 34.6. The van der Waals surface area contributed by atoms with E-state index in [4.69, 9.17) is 5.11 Å². The van der Waals surface area contributed by atoms with Gasteiger partial charge in [-0.3, -0.25) is 4.79 Å². The van der Waals surface area contributed by atoms with Crippen LogP contribution in [0.2, 0.25) is 0 Å². The maximum atomic E-state index is 10.5. The molecule has 0 aliphatic heterocycles. The predicted molar refractivity (Wildman–Crippen MR) is 55.9 cm³/mol. The third-order valence-corrected chi connectivity index (χ3v) is 3.55. The molecule has 2 saturated carbocycles. The first-order chi connectivity index (χ1) is 6.75. The van der Waals surface area contributed by atoms with Crippen molar-refractivity contribution in [1.82, 2.24) is 0 Å². The van der Waals surface area contributed by atoms with Crippen molar-refractivity contribution in [2.75, 3.05) is 7.05 Å². The molecule has 0 heterocycles. The lowest BCUT2D eigenvalue weighted by Crippen LogP contribution is -2.04. The second-order valence-corrected chi connectivity index (χ2v) is 4.39. The predicted octanol–water partition coefficient (Wildman–Crippen LogP) is 1.86. The highest BCUT2D eigenvalue weighted by atomic mass is 16.4. The first-order valence-electron chi connectivity index (χ1n) is 5.55. The molecule has 0 spiro atoms. The number of carboxylic acid groups (broad SMARTS) is 1. The molecule has 0 aromatic heterocycles. The van der Waals surface area contributed by atoms with Crippen LogP contribution in [0.4, 0.5) is 0 Å². The van der Waals surface area contributed by atoms with Crippen molar-refractivity contribution in [1.29, 1.82) is 0 Å². The summed E-state index contributed by atoms with van der Waals surface area (Å²) in [5.41, 5.74) is 4.50. The van der Waals surface area contributed by atoms with Gasteiger partial charge >= 0.3 is 5.97 Å². The second kappa shape index (κ2) is 5.35. The summed E-state index contributed by atoms with van der Waals surface area (Å²) in [5, 5.41) is 8.64. The van der Waals surface area contributed by atoms with Gasteiger partial charge in [0.15, 0.2) is 0 Å². The number of fused-ring (bicyclic) bond motifs is 1. The Bertz CT molecular complexity index is 182. The molecule has 0 aromatic carbocycles. The largest absolute Gasteiger partial charge is 0.481 e. The van der Waals surface area contributed by atoms with E-state index >= 15 is 0 Å². The third kappa shape index (κ3) is 2.71. The van der Waals surface area contributed by atoms with Crippen LogP contribution in [0.25, 0.3) is 0 Å². The molecule has 3 N–H and O–H groups in total. The summed E-state index contributed by atoms with van der Waals surface area (Å²) in [6, 6.07) is 0. The van der Waals surface area contributed by atoms with Crippen LogP contribution in [0.15, 0.2) is 0 Å². The van der Waals surface area contributed by atoms with Crippen LogP contribution in [0.5, 0.6) is 0 Å². The van der Waals surface area contributed by atoms with E-state index in [9.17, 15) is 4.79 Å². The van der Waals surface area contributed by atoms with Crippen molar-refractivity contribution in [3.8, 4) is 0 Å². The Morgan fingerprint density at radius 2 is 1.79 bits per heavy atom. The lowest BCUT2D eigenvalue weighted by Gasteiger charge is -2.06. The van der Waals surface area contributed by atoms with Crippen molar-refractivity contribution >= 4 is 5.97 Å². The number of nitrogens with two attached hydrogens (primary N) is 1. The fourth-order valence-corrected chi connectivity index (χ4v) is 3.10. The van der Waals surface area contributed by atoms with Crippen LogP contribution in [0.3, 0.4) is 0 Å². The van der Waals surface area contributed by atoms with Gasteiger partial charge in [0.25, 0.3) is 0 Å². The number of hydrogen-bond donors (Lipinski definition) is 2. The summed E-state index contributed by atoms with van der Waals surface area (Å²) in [4.78, 5) is 10.5. The lowest BCUT2D eigenvalue weighted by atomic mass is 10.0. The Kier molecular flexibility index (Phi) is 4.39. The van der Waals surface area contributed by atoms with Gasteiger partial charge in [-0.25, -0.2) is 0 Å². The summed E-state index contributed by atoms with van der Waals surface area (Å²) < 4.78 is 0. The van der Waals surface area contributed by atoms with Crippen LogP contribution < -0.4 is 5.73 Å². The average molecular weight is 199 g/mol. The Labute approximate surface area is 85.7 Å². The fourth-order valence-electron chi connectivity index (χ4n) is 3.10.